The van der Waals surface area contributed by atoms with Crippen molar-refractivity contribution >= 4 is 5.91 Å². The smallest absolute Gasteiger partial charge is 0.256 e. The number of piperidine rings is 1. The Kier molecular flexibility index (Phi) is 4.95. The third-order valence-electron chi connectivity index (χ3n) is 3.98. The monoisotopic (exact) mass is 277 g/mol. The van der Waals surface area contributed by atoms with Crippen molar-refractivity contribution in [1.29, 1.82) is 0 Å². The van der Waals surface area contributed by atoms with Crippen LogP contribution in [0.3, 0.4) is 0 Å². The Labute approximate surface area is 119 Å². The molecule has 2 heterocycles. The van der Waals surface area contributed by atoms with Crippen LogP contribution in [0.15, 0.2) is 17.1 Å². The first-order valence-electron chi connectivity index (χ1n) is 7.22. The number of aromatic nitrogens is 1. The molecular weight excluding hydrogens is 254 g/mol. The summed E-state index contributed by atoms with van der Waals surface area (Å²) in [5.74, 6) is 0.405. The molecule has 5 nitrogen and oxygen atoms in total. The molecule has 0 aliphatic carbocycles. The lowest BCUT2D eigenvalue weighted by Crippen LogP contribution is -2.33. The minimum atomic E-state index is -0.279. The molecule has 1 saturated heterocycles. The van der Waals surface area contributed by atoms with Gasteiger partial charge in [-0.15, -0.1) is 0 Å². The van der Waals surface area contributed by atoms with Gasteiger partial charge in [0.15, 0.2) is 5.43 Å². The lowest BCUT2D eigenvalue weighted by Gasteiger charge is -2.28. The highest BCUT2D eigenvalue weighted by Crippen LogP contribution is 2.18. The van der Waals surface area contributed by atoms with E-state index in [1.165, 1.54) is 25.1 Å². The molecule has 1 fully saturated rings. The van der Waals surface area contributed by atoms with E-state index in [0.29, 0.717) is 12.5 Å². The van der Waals surface area contributed by atoms with Gasteiger partial charge in [-0.2, -0.15) is 0 Å². The van der Waals surface area contributed by atoms with Crippen molar-refractivity contribution in [1.82, 2.24) is 15.2 Å². The number of H-pyrrole nitrogens is 1. The topological polar surface area (TPSA) is 65.2 Å². The predicted octanol–water partition coefficient (Wildman–Crippen LogP) is 1.15. The highest BCUT2D eigenvalue weighted by molar-refractivity contribution is 5.93. The summed E-state index contributed by atoms with van der Waals surface area (Å²) >= 11 is 0. The van der Waals surface area contributed by atoms with Gasteiger partial charge in [-0.1, -0.05) is 0 Å². The number of rotatable bonds is 4. The zero-order chi connectivity index (χ0) is 14.5. The van der Waals surface area contributed by atoms with Crippen LogP contribution in [0.25, 0.3) is 0 Å². The lowest BCUT2D eigenvalue weighted by atomic mass is 9.94. The second kappa shape index (κ2) is 6.70. The molecule has 1 aromatic rings. The number of carbonyl (C=O) groups is 1. The van der Waals surface area contributed by atoms with Crippen LogP contribution in [0.4, 0.5) is 0 Å². The van der Waals surface area contributed by atoms with E-state index in [0.717, 1.165) is 25.2 Å². The van der Waals surface area contributed by atoms with Crippen molar-refractivity contribution in [2.75, 3.05) is 26.7 Å². The number of hydrogen-bond donors (Lipinski definition) is 2. The molecule has 0 bridgehead atoms. The van der Waals surface area contributed by atoms with Crippen LogP contribution >= 0.6 is 0 Å². The maximum absolute atomic E-state index is 11.9. The normalized spacial score (nSPS) is 17.1. The first kappa shape index (κ1) is 14.8. The number of aryl methyl sites for hydroxylation is 1. The first-order valence-corrected chi connectivity index (χ1v) is 7.22. The fourth-order valence-electron chi connectivity index (χ4n) is 2.59. The number of nitrogens with zero attached hydrogens (tertiary/aromatic N) is 1. The second-order valence-corrected chi connectivity index (χ2v) is 5.69. The highest BCUT2D eigenvalue weighted by atomic mass is 16.2. The second-order valence-electron chi connectivity index (χ2n) is 5.69. The summed E-state index contributed by atoms with van der Waals surface area (Å²) in [6, 6.07) is 1.45. The average Bonchev–Trinajstić information content (AvgIpc) is 2.41. The molecule has 0 aromatic carbocycles. The van der Waals surface area contributed by atoms with Gasteiger partial charge in [-0.25, -0.2) is 0 Å². The molecule has 1 aromatic heterocycles. The Hall–Kier alpha value is -1.62. The standard InChI is InChI=1S/C15H23N3O2/c1-11-9-14(19)13(10-17-11)15(20)16-6-3-12-4-7-18(2)8-5-12/h9-10,12H,3-8H2,1-2H3,(H,16,20)(H,17,19). The summed E-state index contributed by atoms with van der Waals surface area (Å²) in [6.07, 6.45) is 4.86. The summed E-state index contributed by atoms with van der Waals surface area (Å²) in [5.41, 5.74) is 0.731. The van der Waals surface area contributed by atoms with Crippen LogP contribution in [0.5, 0.6) is 0 Å². The quantitative estimate of drug-likeness (QED) is 0.867. The maximum atomic E-state index is 11.9. The van der Waals surface area contributed by atoms with E-state index in [4.69, 9.17) is 0 Å². The minimum Gasteiger partial charge on any atom is -0.364 e. The van der Waals surface area contributed by atoms with Crippen molar-refractivity contribution in [3.05, 3.63) is 33.7 Å². The molecule has 2 rings (SSSR count). The third kappa shape index (κ3) is 3.93. The minimum absolute atomic E-state index is 0.193. The summed E-state index contributed by atoms with van der Waals surface area (Å²) in [7, 11) is 2.14. The van der Waals surface area contributed by atoms with Gasteiger partial charge < -0.3 is 15.2 Å². The van der Waals surface area contributed by atoms with Gasteiger partial charge in [0.1, 0.15) is 5.56 Å². The third-order valence-corrected chi connectivity index (χ3v) is 3.98. The molecule has 20 heavy (non-hydrogen) atoms. The Morgan fingerprint density at radius 1 is 1.45 bits per heavy atom. The van der Waals surface area contributed by atoms with E-state index in [1.807, 2.05) is 0 Å². The number of pyridine rings is 1. The average molecular weight is 277 g/mol. The van der Waals surface area contributed by atoms with Crippen LogP contribution in [0.1, 0.15) is 35.3 Å². The highest BCUT2D eigenvalue weighted by Gasteiger charge is 2.17. The summed E-state index contributed by atoms with van der Waals surface area (Å²) in [6.45, 7) is 4.70. The Balaban J connectivity index is 1.79. The van der Waals surface area contributed by atoms with E-state index < -0.39 is 0 Å². The molecule has 0 atom stereocenters. The summed E-state index contributed by atoms with van der Waals surface area (Å²) in [4.78, 5) is 28.9. The number of likely N-dealkylation sites (tertiary alicyclic amines) is 1. The predicted molar refractivity (Wildman–Crippen MR) is 79.0 cm³/mol. The van der Waals surface area contributed by atoms with Crippen LogP contribution in [0, 0.1) is 12.8 Å². The molecule has 1 aliphatic heterocycles. The van der Waals surface area contributed by atoms with Crippen LogP contribution in [-0.4, -0.2) is 42.5 Å². The molecule has 2 N–H and O–H groups in total. The Morgan fingerprint density at radius 3 is 2.80 bits per heavy atom. The fourth-order valence-corrected chi connectivity index (χ4v) is 2.59. The zero-order valence-corrected chi connectivity index (χ0v) is 12.2. The Morgan fingerprint density at radius 2 is 2.15 bits per heavy atom. The van der Waals surface area contributed by atoms with Gasteiger partial charge in [-0.05, 0) is 52.2 Å². The van der Waals surface area contributed by atoms with E-state index in [2.05, 4.69) is 22.2 Å². The first-order chi connectivity index (χ1) is 9.56. The molecular formula is C15H23N3O2. The summed E-state index contributed by atoms with van der Waals surface area (Å²) in [5, 5.41) is 2.85. The number of hydrogen-bond acceptors (Lipinski definition) is 3. The van der Waals surface area contributed by atoms with E-state index in [-0.39, 0.29) is 16.9 Å². The van der Waals surface area contributed by atoms with Gasteiger partial charge in [-0.3, -0.25) is 9.59 Å². The molecule has 110 valence electrons. The van der Waals surface area contributed by atoms with Gasteiger partial charge in [0.25, 0.3) is 5.91 Å². The van der Waals surface area contributed by atoms with Crippen LogP contribution in [-0.2, 0) is 0 Å². The molecule has 0 spiro atoms. The molecule has 5 heteroatoms. The molecule has 1 aliphatic rings. The maximum Gasteiger partial charge on any atom is 0.256 e. The zero-order valence-electron chi connectivity index (χ0n) is 12.2. The number of nitrogens with one attached hydrogen (secondary N) is 2. The van der Waals surface area contributed by atoms with Crippen LogP contribution < -0.4 is 10.7 Å². The fraction of sp³-hybridized carbons (Fsp3) is 0.600. The van der Waals surface area contributed by atoms with E-state index >= 15 is 0 Å². The van der Waals surface area contributed by atoms with Gasteiger partial charge in [0.2, 0.25) is 0 Å². The summed E-state index contributed by atoms with van der Waals surface area (Å²) < 4.78 is 0. The molecule has 1 amide bonds. The van der Waals surface area contributed by atoms with Crippen LogP contribution in [0.2, 0.25) is 0 Å². The van der Waals surface area contributed by atoms with Crippen molar-refractivity contribution in [3.8, 4) is 0 Å². The Bertz CT molecular complexity index is 516. The van der Waals surface area contributed by atoms with Crippen molar-refractivity contribution < 1.29 is 4.79 Å². The van der Waals surface area contributed by atoms with Gasteiger partial charge in [0, 0.05) is 24.5 Å². The SMILES string of the molecule is Cc1cc(=O)c(C(=O)NCCC2CCN(C)CC2)c[nH]1. The van der Waals surface area contributed by atoms with Crippen molar-refractivity contribution in [2.24, 2.45) is 5.92 Å². The lowest BCUT2D eigenvalue weighted by molar-refractivity contribution is 0.0947. The number of carbonyl (C=O) groups excluding carboxylic acids is 1. The van der Waals surface area contributed by atoms with E-state index in [9.17, 15) is 9.59 Å². The van der Waals surface area contributed by atoms with Crippen molar-refractivity contribution in [3.63, 3.8) is 0 Å². The van der Waals surface area contributed by atoms with Gasteiger partial charge >= 0.3 is 0 Å². The largest absolute Gasteiger partial charge is 0.364 e. The molecule has 0 saturated carbocycles. The molecule has 0 radical (unpaired) electrons. The van der Waals surface area contributed by atoms with Gasteiger partial charge in [0.05, 0.1) is 0 Å². The number of amides is 1. The van der Waals surface area contributed by atoms with Crippen molar-refractivity contribution in [2.45, 2.75) is 26.2 Å². The number of aromatic amines is 1. The molecule has 0 unspecified atom stereocenters. The van der Waals surface area contributed by atoms with E-state index in [1.54, 1.807) is 6.92 Å².